The van der Waals surface area contributed by atoms with Crippen molar-refractivity contribution in [2.45, 2.75) is 26.4 Å². The van der Waals surface area contributed by atoms with E-state index in [1.165, 1.54) is 0 Å². The average molecular weight is 563 g/mol. The van der Waals surface area contributed by atoms with Gasteiger partial charge in [-0.25, -0.2) is 0 Å². The van der Waals surface area contributed by atoms with Gasteiger partial charge in [-0.3, -0.25) is 5.10 Å². The molecule has 7 nitrogen and oxygen atoms in total. The third-order valence-electron chi connectivity index (χ3n) is 5.12. The van der Waals surface area contributed by atoms with Crippen molar-refractivity contribution in [1.82, 2.24) is 10.2 Å². The summed E-state index contributed by atoms with van der Waals surface area (Å²) >= 11 is 8.48. The molecule has 0 bridgehead atoms. The molecule has 4 rings (SSSR count). The minimum Gasteiger partial charge on any atom is -0.490 e. The summed E-state index contributed by atoms with van der Waals surface area (Å²) in [5, 5.41) is 17.5. The van der Waals surface area contributed by atoms with Crippen molar-refractivity contribution in [3.8, 4) is 23.4 Å². The lowest BCUT2D eigenvalue weighted by Crippen LogP contribution is -2.21. The summed E-state index contributed by atoms with van der Waals surface area (Å²) in [4.78, 5) is 0. The van der Waals surface area contributed by atoms with Crippen LogP contribution in [0, 0.1) is 21.8 Å². The highest BCUT2D eigenvalue weighted by Gasteiger charge is 2.35. The Balaban J connectivity index is 1.77. The van der Waals surface area contributed by atoms with Crippen molar-refractivity contribution in [3.63, 3.8) is 0 Å². The van der Waals surface area contributed by atoms with Gasteiger partial charge in [-0.15, -0.1) is 5.10 Å². The summed E-state index contributed by atoms with van der Waals surface area (Å²) < 4.78 is 18.4. The maximum absolute atomic E-state index is 9.81. The molecule has 1 aromatic heterocycles. The molecule has 0 fully saturated rings. The summed E-state index contributed by atoms with van der Waals surface area (Å²) in [6.45, 7) is 4.54. The van der Waals surface area contributed by atoms with Crippen LogP contribution in [0.4, 0.5) is 0 Å². The molecule has 3 aromatic rings. The Labute approximate surface area is 204 Å². The number of fused-ring (bicyclic) bond motifs is 1. The van der Waals surface area contributed by atoms with Gasteiger partial charge in [-0.1, -0.05) is 29.8 Å². The van der Waals surface area contributed by atoms with Gasteiger partial charge in [0, 0.05) is 21.8 Å². The Morgan fingerprint density at radius 3 is 2.81 bits per heavy atom. The van der Waals surface area contributed by atoms with Gasteiger partial charge in [0.2, 0.25) is 11.8 Å². The molecule has 1 aliphatic heterocycles. The van der Waals surface area contributed by atoms with E-state index < -0.39 is 5.92 Å². The zero-order valence-electron chi connectivity index (χ0n) is 17.4. The van der Waals surface area contributed by atoms with E-state index in [0.29, 0.717) is 41.2 Å². The topological polar surface area (TPSA) is 106 Å². The molecule has 2 aromatic carbocycles. The summed E-state index contributed by atoms with van der Waals surface area (Å²) in [6, 6.07) is 13.6. The number of nitriles is 1. The molecule has 2 heterocycles. The standard InChI is InChI=1S/C23H20ClIN4O3/c1-3-30-18-9-14(8-17(25)21(18)31-11-13-6-4-5-7-16(13)24)20-15(10-26)22(27)32-23-19(20)12(2)28-29-23/h4-9,20H,3,11,27H2,1-2H3,(H,28,29)/t20-/m1/s1. The smallest absolute Gasteiger partial charge is 0.244 e. The van der Waals surface area contributed by atoms with Crippen LogP contribution in [-0.4, -0.2) is 16.8 Å². The molecule has 9 heteroatoms. The first-order valence-corrected chi connectivity index (χ1v) is 11.3. The van der Waals surface area contributed by atoms with Gasteiger partial charge in [-0.2, -0.15) is 5.26 Å². The second-order valence-corrected chi connectivity index (χ2v) is 8.70. The lowest BCUT2D eigenvalue weighted by molar-refractivity contribution is 0.267. The molecule has 32 heavy (non-hydrogen) atoms. The Morgan fingerprint density at radius 1 is 1.31 bits per heavy atom. The highest BCUT2D eigenvalue weighted by Crippen LogP contribution is 2.46. The number of aromatic nitrogens is 2. The van der Waals surface area contributed by atoms with Crippen LogP contribution >= 0.6 is 34.2 Å². The molecule has 0 aliphatic carbocycles. The van der Waals surface area contributed by atoms with E-state index in [1.54, 1.807) is 0 Å². The van der Waals surface area contributed by atoms with Crippen LogP contribution in [0.5, 0.6) is 17.4 Å². The largest absolute Gasteiger partial charge is 0.490 e. The fraction of sp³-hybridized carbons (Fsp3) is 0.217. The zero-order chi connectivity index (χ0) is 22.8. The van der Waals surface area contributed by atoms with E-state index >= 15 is 0 Å². The number of aryl methyl sites for hydroxylation is 1. The molecular formula is C23H20ClIN4O3. The van der Waals surface area contributed by atoms with Gasteiger partial charge in [0.25, 0.3) is 0 Å². The molecule has 164 valence electrons. The Bertz CT molecular complexity index is 1250. The lowest BCUT2D eigenvalue weighted by Gasteiger charge is -2.25. The normalized spacial score (nSPS) is 15.0. The third kappa shape index (κ3) is 4.10. The molecule has 1 aliphatic rings. The fourth-order valence-corrected chi connectivity index (χ4v) is 4.63. The number of halogens is 2. The second-order valence-electron chi connectivity index (χ2n) is 7.14. The van der Waals surface area contributed by atoms with Crippen LogP contribution in [0.3, 0.4) is 0 Å². The highest BCUT2D eigenvalue weighted by molar-refractivity contribution is 14.1. The van der Waals surface area contributed by atoms with Crippen molar-refractivity contribution in [2.24, 2.45) is 5.73 Å². The Hall–Kier alpha value is -2.90. The molecule has 0 radical (unpaired) electrons. The Morgan fingerprint density at radius 2 is 2.09 bits per heavy atom. The molecule has 1 atom stereocenters. The quantitative estimate of drug-likeness (QED) is 0.402. The first-order valence-electron chi connectivity index (χ1n) is 9.89. The van der Waals surface area contributed by atoms with E-state index in [-0.39, 0.29) is 5.88 Å². The van der Waals surface area contributed by atoms with Gasteiger partial charge in [0.05, 0.1) is 16.1 Å². The minimum atomic E-state index is -0.437. The number of benzene rings is 2. The number of nitrogens with two attached hydrogens (primary N) is 1. The Kier molecular flexibility index (Phi) is 6.48. The molecule has 0 spiro atoms. The van der Waals surface area contributed by atoms with Crippen LogP contribution < -0.4 is 19.9 Å². The summed E-state index contributed by atoms with van der Waals surface area (Å²) in [5.74, 6) is 1.17. The predicted octanol–water partition coefficient (Wildman–Crippen LogP) is 5.17. The van der Waals surface area contributed by atoms with Crippen LogP contribution in [0.1, 0.15) is 35.2 Å². The number of H-pyrrole nitrogens is 1. The van der Waals surface area contributed by atoms with Crippen molar-refractivity contribution < 1.29 is 14.2 Å². The van der Waals surface area contributed by atoms with E-state index in [4.69, 9.17) is 31.5 Å². The van der Waals surface area contributed by atoms with Crippen molar-refractivity contribution in [1.29, 1.82) is 5.26 Å². The molecule has 0 amide bonds. The maximum atomic E-state index is 9.81. The summed E-state index contributed by atoms with van der Waals surface area (Å²) in [7, 11) is 0. The van der Waals surface area contributed by atoms with E-state index in [2.05, 4.69) is 38.9 Å². The van der Waals surface area contributed by atoms with E-state index in [0.717, 1.165) is 26.0 Å². The molecule has 3 N–H and O–H groups in total. The average Bonchev–Trinajstić information content (AvgIpc) is 3.13. The SMILES string of the molecule is CCOc1cc([C@@H]2C(C#N)=C(N)Oc3n[nH]c(C)c32)cc(I)c1OCc1ccccc1Cl. The van der Waals surface area contributed by atoms with Gasteiger partial charge >= 0.3 is 0 Å². The number of ether oxygens (including phenoxy) is 3. The number of hydrogen-bond acceptors (Lipinski definition) is 6. The van der Waals surface area contributed by atoms with Gasteiger partial charge in [0.1, 0.15) is 18.2 Å². The van der Waals surface area contributed by atoms with E-state index in [1.807, 2.05) is 50.2 Å². The van der Waals surface area contributed by atoms with Gasteiger partial charge in [0.15, 0.2) is 11.5 Å². The number of aromatic amines is 1. The minimum absolute atomic E-state index is 0.0449. The number of nitrogens with one attached hydrogen (secondary N) is 1. The van der Waals surface area contributed by atoms with Crippen molar-refractivity contribution in [2.75, 3.05) is 6.61 Å². The molecule has 0 saturated heterocycles. The van der Waals surface area contributed by atoms with Crippen LogP contribution in [-0.2, 0) is 6.61 Å². The third-order valence-corrected chi connectivity index (χ3v) is 6.29. The monoisotopic (exact) mass is 562 g/mol. The van der Waals surface area contributed by atoms with Crippen LogP contribution in [0.25, 0.3) is 0 Å². The molecular weight excluding hydrogens is 543 g/mol. The molecule has 0 saturated carbocycles. The van der Waals surface area contributed by atoms with Crippen molar-refractivity contribution >= 4 is 34.2 Å². The maximum Gasteiger partial charge on any atom is 0.244 e. The van der Waals surface area contributed by atoms with Crippen molar-refractivity contribution in [3.05, 3.63) is 78.8 Å². The van der Waals surface area contributed by atoms with E-state index in [9.17, 15) is 5.26 Å². The summed E-state index contributed by atoms with van der Waals surface area (Å²) in [6.07, 6.45) is 0. The zero-order valence-corrected chi connectivity index (χ0v) is 20.3. The van der Waals surface area contributed by atoms with Gasteiger partial charge in [-0.05, 0) is 60.2 Å². The number of allylic oxidation sites excluding steroid dienone is 1. The lowest BCUT2D eigenvalue weighted by atomic mass is 9.84. The number of nitrogens with zero attached hydrogens (tertiary/aromatic N) is 2. The second kappa shape index (κ2) is 9.30. The highest BCUT2D eigenvalue weighted by atomic mass is 127. The predicted molar refractivity (Wildman–Crippen MR) is 129 cm³/mol. The van der Waals surface area contributed by atoms with Crippen LogP contribution in [0.15, 0.2) is 47.9 Å². The number of rotatable bonds is 6. The first kappa shape index (κ1) is 22.3. The summed E-state index contributed by atoms with van der Waals surface area (Å²) in [5.41, 5.74) is 9.65. The van der Waals surface area contributed by atoms with Gasteiger partial charge < -0.3 is 19.9 Å². The molecule has 0 unspecified atom stereocenters. The van der Waals surface area contributed by atoms with Crippen LogP contribution in [0.2, 0.25) is 5.02 Å². The number of hydrogen-bond donors (Lipinski definition) is 2. The first-order chi connectivity index (χ1) is 15.4. The fourth-order valence-electron chi connectivity index (χ4n) is 3.65.